The molecule has 5 heteroatoms. The maximum absolute atomic E-state index is 13.0. The third kappa shape index (κ3) is 7.50. The smallest absolute Gasteiger partial charge is 0.225 e. The predicted molar refractivity (Wildman–Crippen MR) is 134 cm³/mol. The van der Waals surface area contributed by atoms with Crippen molar-refractivity contribution in [1.29, 1.82) is 0 Å². The quantitative estimate of drug-likeness (QED) is 0.499. The number of methoxy groups -OCH3 is 1. The lowest BCUT2D eigenvalue weighted by Gasteiger charge is -2.34. The largest absolute Gasteiger partial charge is 0.497 e. The van der Waals surface area contributed by atoms with Crippen LogP contribution in [0.4, 0.5) is 0 Å². The highest BCUT2D eigenvalue weighted by atomic mass is 16.5. The van der Waals surface area contributed by atoms with E-state index in [1.807, 2.05) is 26.0 Å². The SMILES string of the molecule is COc1ccc(CN2CCC(NC(=O)C(C)(C)CCCOc3cc(C)ccc3C)CC2)cc1. The average molecular weight is 453 g/mol. The first-order valence-electron chi connectivity index (χ1n) is 12.1. The molecule has 33 heavy (non-hydrogen) atoms. The van der Waals surface area contributed by atoms with Gasteiger partial charge in [-0.05, 0) is 74.4 Å². The zero-order chi connectivity index (χ0) is 23.8. The molecule has 1 aliphatic heterocycles. The minimum absolute atomic E-state index is 0.155. The van der Waals surface area contributed by atoms with E-state index in [0.29, 0.717) is 6.61 Å². The van der Waals surface area contributed by atoms with Gasteiger partial charge < -0.3 is 14.8 Å². The van der Waals surface area contributed by atoms with Gasteiger partial charge in [-0.15, -0.1) is 0 Å². The lowest BCUT2D eigenvalue weighted by atomic mass is 9.86. The van der Waals surface area contributed by atoms with Crippen LogP contribution in [0.15, 0.2) is 42.5 Å². The third-order valence-corrected chi connectivity index (χ3v) is 6.65. The van der Waals surface area contributed by atoms with Crippen LogP contribution >= 0.6 is 0 Å². The van der Waals surface area contributed by atoms with Crippen molar-refractivity contribution < 1.29 is 14.3 Å². The zero-order valence-corrected chi connectivity index (χ0v) is 20.9. The van der Waals surface area contributed by atoms with E-state index in [4.69, 9.17) is 9.47 Å². The normalized spacial score (nSPS) is 15.3. The number of rotatable bonds is 10. The Morgan fingerprint density at radius 3 is 2.45 bits per heavy atom. The molecular formula is C28H40N2O3. The summed E-state index contributed by atoms with van der Waals surface area (Å²) < 4.78 is 11.2. The van der Waals surface area contributed by atoms with Gasteiger partial charge in [0.2, 0.25) is 5.91 Å². The number of ether oxygens (including phenoxy) is 2. The van der Waals surface area contributed by atoms with Gasteiger partial charge in [0, 0.05) is 31.1 Å². The first kappa shape index (κ1) is 25.1. The molecule has 1 N–H and O–H groups in total. The number of carbonyl (C=O) groups excluding carboxylic acids is 1. The molecule has 1 saturated heterocycles. The number of carbonyl (C=O) groups is 1. The van der Waals surface area contributed by atoms with Gasteiger partial charge in [-0.3, -0.25) is 9.69 Å². The minimum Gasteiger partial charge on any atom is -0.497 e. The lowest BCUT2D eigenvalue weighted by Crippen LogP contribution is -2.48. The van der Waals surface area contributed by atoms with Gasteiger partial charge in [0.15, 0.2) is 0 Å². The Balaban J connectivity index is 1.37. The van der Waals surface area contributed by atoms with Gasteiger partial charge in [-0.2, -0.15) is 0 Å². The maximum Gasteiger partial charge on any atom is 0.225 e. The number of nitrogens with zero attached hydrogens (tertiary/aromatic N) is 1. The Hall–Kier alpha value is -2.53. The second-order valence-electron chi connectivity index (χ2n) is 9.98. The summed E-state index contributed by atoms with van der Waals surface area (Å²) in [7, 11) is 1.69. The van der Waals surface area contributed by atoms with Gasteiger partial charge in [-0.25, -0.2) is 0 Å². The van der Waals surface area contributed by atoms with Crippen molar-refractivity contribution in [3.8, 4) is 11.5 Å². The summed E-state index contributed by atoms with van der Waals surface area (Å²) in [6.07, 6.45) is 3.65. The Labute approximate surface area is 199 Å². The molecule has 0 aliphatic carbocycles. The third-order valence-electron chi connectivity index (χ3n) is 6.65. The first-order valence-corrected chi connectivity index (χ1v) is 12.1. The standard InChI is InChI=1S/C28H40N2O3/c1-21-7-8-22(2)26(19-21)33-18-6-15-28(3,4)27(31)29-24-13-16-30(17-14-24)20-23-9-11-25(32-5)12-10-23/h7-12,19,24H,6,13-18,20H2,1-5H3,(H,29,31). The van der Waals surface area contributed by atoms with Crippen molar-refractivity contribution in [2.45, 2.75) is 66.0 Å². The molecule has 5 nitrogen and oxygen atoms in total. The van der Waals surface area contributed by atoms with E-state index in [1.165, 1.54) is 11.1 Å². The lowest BCUT2D eigenvalue weighted by molar-refractivity contribution is -0.130. The number of aryl methyl sites for hydroxylation is 2. The molecule has 0 spiro atoms. The highest BCUT2D eigenvalue weighted by Gasteiger charge is 2.30. The van der Waals surface area contributed by atoms with E-state index >= 15 is 0 Å². The zero-order valence-electron chi connectivity index (χ0n) is 20.9. The first-order chi connectivity index (χ1) is 15.8. The molecule has 0 aromatic heterocycles. The highest BCUT2D eigenvalue weighted by molar-refractivity contribution is 5.82. The Morgan fingerprint density at radius 1 is 1.09 bits per heavy atom. The van der Waals surface area contributed by atoms with Crippen LogP contribution in [0.3, 0.4) is 0 Å². The fourth-order valence-electron chi connectivity index (χ4n) is 4.28. The summed E-state index contributed by atoms with van der Waals surface area (Å²) in [5.41, 5.74) is 3.24. The van der Waals surface area contributed by atoms with Gasteiger partial charge >= 0.3 is 0 Å². The summed E-state index contributed by atoms with van der Waals surface area (Å²) >= 11 is 0. The van der Waals surface area contributed by atoms with E-state index in [2.05, 4.69) is 54.4 Å². The van der Waals surface area contributed by atoms with E-state index in [9.17, 15) is 4.79 Å². The summed E-state index contributed by atoms with van der Waals surface area (Å²) in [5.74, 6) is 1.99. The number of hydrogen-bond donors (Lipinski definition) is 1. The average Bonchev–Trinajstić information content (AvgIpc) is 2.80. The van der Waals surface area contributed by atoms with Crippen LogP contribution < -0.4 is 14.8 Å². The molecule has 2 aromatic carbocycles. The van der Waals surface area contributed by atoms with Gasteiger partial charge in [-0.1, -0.05) is 38.1 Å². The predicted octanol–water partition coefficient (Wildman–Crippen LogP) is 5.28. The van der Waals surface area contributed by atoms with Crippen molar-refractivity contribution in [2.24, 2.45) is 5.41 Å². The van der Waals surface area contributed by atoms with Crippen LogP contribution in [0.2, 0.25) is 0 Å². The summed E-state index contributed by atoms with van der Waals surface area (Å²) in [4.78, 5) is 15.4. The van der Waals surface area contributed by atoms with Gasteiger partial charge in [0.1, 0.15) is 11.5 Å². The molecule has 1 heterocycles. The van der Waals surface area contributed by atoms with Crippen molar-refractivity contribution in [2.75, 3.05) is 26.8 Å². The number of benzene rings is 2. The second-order valence-corrected chi connectivity index (χ2v) is 9.98. The molecule has 0 radical (unpaired) electrons. The molecule has 1 aliphatic rings. The number of likely N-dealkylation sites (tertiary alicyclic amines) is 1. The minimum atomic E-state index is -0.398. The molecule has 0 unspecified atom stereocenters. The molecule has 3 rings (SSSR count). The molecule has 1 amide bonds. The van der Waals surface area contributed by atoms with Gasteiger partial charge in [0.05, 0.1) is 13.7 Å². The van der Waals surface area contributed by atoms with E-state index in [1.54, 1.807) is 7.11 Å². The highest BCUT2D eigenvalue weighted by Crippen LogP contribution is 2.25. The van der Waals surface area contributed by atoms with E-state index in [-0.39, 0.29) is 11.9 Å². The summed E-state index contributed by atoms with van der Waals surface area (Å²) in [6, 6.07) is 14.8. The number of amides is 1. The van der Waals surface area contributed by atoms with Crippen LogP contribution in [-0.2, 0) is 11.3 Å². The van der Waals surface area contributed by atoms with Crippen LogP contribution in [-0.4, -0.2) is 43.7 Å². The molecule has 2 aromatic rings. The summed E-state index contributed by atoms with van der Waals surface area (Å²) in [5, 5.41) is 3.31. The Kier molecular flexibility index (Phi) is 8.79. The van der Waals surface area contributed by atoms with Crippen molar-refractivity contribution >= 4 is 5.91 Å². The topological polar surface area (TPSA) is 50.8 Å². The fourth-order valence-corrected chi connectivity index (χ4v) is 4.28. The van der Waals surface area contributed by atoms with Crippen molar-refractivity contribution in [3.63, 3.8) is 0 Å². The van der Waals surface area contributed by atoms with E-state index in [0.717, 1.165) is 62.4 Å². The van der Waals surface area contributed by atoms with Crippen LogP contribution in [0.1, 0.15) is 56.2 Å². The second kappa shape index (κ2) is 11.6. The Morgan fingerprint density at radius 2 is 1.79 bits per heavy atom. The van der Waals surface area contributed by atoms with Crippen molar-refractivity contribution in [1.82, 2.24) is 10.2 Å². The van der Waals surface area contributed by atoms with Crippen molar-refractivity contribution in [3.05, 3.63) is 59.2 Å². The number of hydrogen-bond acceptors (Lipinski definition) is 4. The molecule has 0 bridgehead atoms. The molecule has 180 valence electrons. The maximum atomic E-state index is 13.0. The molecular weight excluding hydrogens is 412 g/mol. The van der Waals surface area contributed by atoms with E-state index < -0.39 is 5.41 Å². The molecule has 0 atom stereocenters. The number of piperidine rings is 1. The summed E-state index contributed by atoms with van der Waals surface area (Å²) in [6.45, 7) is 11.8. The fraction of sp³-hybridized carbons (Fsp3) is 0.536. The van der Waals surface area contributed by atoms with Crippen LogP contribution in [0, 0.1) is 19.3 Å². The van der Waals surface area contributed by atoms with Crippen LogP contribution in [0.5, 0.6) is 11.5 Å². The molecule has 1 fully saturated rings. The number of nitrogens with one attached hydrogen (secondary N) is 1. The monoisotopic (exact) mass is 452 g/mol. The molecule has 0 saturated carbocycles. The Bertz CT molecular complexity index is 900. The van der Waals surface area contributed by atoms with Gasteiger partial charge in [0.25, 0.3) is 0 Å². The van der Waals surface area contributed by atoms with Crippen LogP contribution in [0.25, 0.3) is 0 Å².